The fourth-order valence-electron chi connectivity index (χ4n) is 3.62. The van der Waals surface area contributed by atoms with E-state index in [2.05, 4.69) is 0 Å². The molecule has 0 aliphatic carbocycles. The van der Waals surface area contributed by atoms with Crippen LogP contribution in [-0.2, 0) is 20.7 Å². The Bertz CT molecular complexity index is 846. The smallest absolute Gasteiger partial charge is 0.314 e. The van der Waals surface area contributed by atoms with E-state index in [-0.39, 0.29) is 24.7 Å². The minimum absolute atomic E-state index is 0.0316. The standard InChI is InChI=1S/C21H22FNO5/c1-2-27-20(26)21(13-15-6-8-16(22)9-7-15)10-4-11-23(14-21)19(25)18(24)17-5-3-12-28-17/h3,5-9,12H,2,4,10-11,13-14H2,1H3/t21-/m1/s1. The number of amides is 1. The first-order valence-corrected chi connectivity index (χ1v) is 9.24. The summed E-state index contributed by atoms with van der Waals surface area (Å²) in [6.07, 6.45) is 2.69. The number of furan rings is 1. The molecular weight excluding hydrogens is 365 g/mol. The maximum atomic E-state index is 13.2. The predicted molar refractivity (Wildman–Crippen MR) is 98.0 cm³/mol. The molecule has 28 heavy (non-hydrogen) atoms. The summed E-state index contributed by atoms with van der Waals surface area (Å²) in [5.74, 6) is -2.26. The number of nitrogens with zero attached hydrogens (tertiary/aromatic N) is 1. The van der Waals surface area contributed by atoms with Crippen LogP contribution in [0, 0.1) is 11.2 Å². The number of Topliss-reactive ketones (excluding diaryl/α,β-unsaturated/α-hetero) is 1. The molecule has 0 N–H and O–H groups in total. The molecule has 7 heteroatoms. The third-order valence-electron chi connectivity index (χ3n) is 4.97. The van der Waals surface area contributed by atoms with Gasteiger partial charge < -0.3 is 14.1 Å². The minimum atomic E-state index is -0.981. The lowest BCUT2D eigenvalue weighted by Crippen LogP contribution is -2.53. The van der Waals surface area contributed by atoms with E-state index in [0.717, 1.165) is 5.56 Å². The number of rotatable bonds is 6. The van der Waals surface area contributed by atoms with Gasteiger partial charge in [-0.3, -0.25) is 14.4 Å². The van der Waals surface area contributed by atoms with Crippen LogP contribution in [0.5, 0.6) is 0 Å². The van der Waals surface area contributed by atoms with Crippen LogP contribution in [0.15, 0.2) is 47.1 Å². The van der Waals surface area contributed by atoms with Gasteiger partial charge in [0.15, 0.2) is 5.76 Å². The van der Waals surface area contributed by atoms with E-state index in [9.17, 15) is 18.8 Å². The topological polar surface area (TPSA) is 76.8 Å². The number of hydrogen-bond acceptors (Lipinski definition) is 5. The average molecular weight is 387 g/mol. The van der Waals surface area contributed by atoms with Crippen molar-refractivity contribution < 1.29 is 27.9 Å². The van der Waals surface area contributed by atoms with Gasteiger partial charge in [0.05, 0.1) is 18.3 Å². The fourth-order valence-corrected chi connectivity index (χ4v) is 3.62. The van der Waals surface area contributed by atoms with Gasteiger partial charge >= 0.3 is 5.97 Å². The first-order valence-electron chi connectivity index (χ1n) is 9.24. The van der Waals surface area contributed by atoms with Gasteiger partial charge in [0, 0.05) is 13.1 Å². The van der Waals surface area contributed by atoms with E-state index in [1.807, 2.05) is 0 Å². The maximum Gasteiger partial charge on any atom is 0.314 e. The Labute approximate surface area is 162 Å². The molecule has 1 aromatic heterocycles. The van der Waals surface area contributed by atoms with Crippen LogP contribution in [0.1, 0.15) is 35.9 Å². The summed E-state index contributed by atoms with van der Waals surface area (Å²) in [5, 5.41) is 0. The number of hydrogen-bond donors (Lipinski definition) is 0. The molecule has 1 aliphatic heterocycles. The molecule has 1 amide bonds. The molecule has 0 spiro atoms. The molecule has 0 saturated carbocycles. The van der Waals surface area contributed by atoms with Crippen molar-refractivity contribution in [1.29, 1.82) is 0 Å². The summed E-state index contributed by atoms with van der Waals surface area (Å²) in [6, 6.07) is 8.87. The van der Waals surface area contributed by atoms with Crippen molar-refractivity contribution in [2.75, 3.05) is 19.7 Å². The second kappa shape index (κ2) is 8.37. The average Bonchev–Trinajstić information content (AvgIpc) is 3.24. The van der Waals surface area contributed by atoms with Crippen LogP contribution in [-0.4, -0.2) is 42.3 Å². The summed E-state index contributed by atoms with van der Waals surface area (Å²) < 4.78 is 23.6. The van der Waals surface area contributed by atoms with Gasteiger partial charge in [-0.1, -0.05) is 12.1 Å². The molecule has 1 aliphatic rings. The van der Waals surface area contributed by atoms with Crippen LogP contribution in [0.4, 0.5) is 4.39 Å². The Morgan fingerprint density at radius 2 is 1.96 bits per heavy atom. The molecule has 0 unspecified atom stereocenters. The van der Waals surface area contributed by atoms with E-state index < -0.39 is 23.1 Å². The van der Waals surface area contributed by atoms with Crippen molar-refractivity contribution >= 4 is 17.7 Å². The van der Waals surface area contributed by atoms with Gasteiger partial charge in [0.2, 0.25) is 0 Å². The van der Waals surface area contributed by atoms with Gasteiger partial charge in [-0.15, -0.1) is 0 Å². The zero-order valence-corrected chi connectivity index (χ0v) is 15.7. The quantitative estimate of drug-likeness (QED) is 0.433. The highest BCUT2D eigenvalue weighted by molar-refractivity contribution is 6.41. The van der Waals surface area contributed by atoms with Gasteiger partial charge in [-0.05, 0) is 56.0 Å². The van der Waals surface area contributed by atoms with E-state index in [1.54, 1.807) is 19.1 Å². The van der Waals surface area contributed by atoms with Crippen molar-refractivity contribution in [2.24, 2.45) is 5.41 Å². The van der Waals surface area contributed by atoms with E-state index >= 15 is 0 Å². The Hall–Kier alpha value is -2.96. The van der Waals surface area contributed by atoms with Crippen LogP contribution in [0.2, 0.25) is 0 Å². The molecule has 1 fully saturated rings. The van der Waals surface area contributed by atoms with Crippen molar-refractivity contribution in [1.82, 2.24) is 4.90 Å². The molecule has 0 bridgehead atoms. The molecule has 148 valence electrons. The Balaban J connectivity index is 1.84. The summed E-state index contributed by atoms with van der Waals surface area (Å²) in [5.41, 5.74) is -0.216. The highest BCUT2D eigenvalue weighted by Gasteiger charge is 2.45. The number of piperidine rings is 1. The van der Waals surface area contributed by atoms with Gasteiger partial charge in [0.1, 0.15) is 5.82 Å². The molecule has 0 radical (unpaired) electrons. The van der Waals surface area contributed by atoms with Crippen LogP contribution in [0.25, 0.3) is 0 Å². The largest absolute Gasteiger partial charge is 0.466 e. The lowest BCUT2D eigenvalue weighted by Gasteiger charge is -2.40. The van der Waals surface area contributed by atoms with E-state index in [0.29, 0.717) is 25.8 Å². The summed E-state index contributed by atoms with van der Waals surface area (Å²) in [6.45, 7) is 2.36. The molecule has 1 atom stereocenters. The van der Waals surface area contributed by atoms with Gasteiger partial charge in [-0.25, -0.2) is 4.39 Å². The lowest BCUT2D eigenvalue weighted by atomic mass is 9.75. The monoisotopic (exact) mass is 387 g/mol. The zero-order chi connectivity index (χ0) is 20.1. The highest BCUT2D eigenvalue weighted by atomic mass is 19.1. The number of ether oxygens (including phenoxy) is 1. The Kier molecular flexibility index (Phi) is 5.92. The minimum Gasteiger partial charge on any atom is -0.466 e. The maximum absolute atomic E-state index is 13.2. The van der Waals surface area contributed by atoms with E-state index in [4.69, 9.17) is 9.15 Å². The summed E-state index contributed by atoms with van der Waals surface area (Å²) >= 11 is 0. The number of ketones is 1. The van der Waals surface area contributed by atoms with Crippen molar-refractivity contribution in [3.05, 3.63) is 59.8 Å². The number of likely N-dealkylation sites (tertiary alicyclic amines) is 1. The normalized spacial score (nSPS) is 19.3. The molecule has 2 aromatic rings. The Morgan fingerprint density at radius 1 is 1.21 bits per heavy atom. The third kappa shape index (κ3) is 4.13. The van der Waals surface area contributed by atoms with Gasteiger partial charge in [0.25, 0.3) is 11.7 Å². The molecule has 6 nitrogen and oxygen atoms in total. The number of carbonyl (C=O) groups is 3. The Morgan fingerprint density at radius 3 is 2.61 bits per heavy atom. The molecule has 1 saturated heterocycles. The van der Waals surface area contributed by atoms with Crippen molar-refractivity contribution in [3.8, 4) is 0 Å². The summed E-state index contributed by atoms with van der Waals surface area (Å²) in [4.78, 5) is 39.2. The van der Waals surface area contributed by atoms with Gasteiger partial charge in [-0.2, -0.15) is 0 Å². The first kappa shape index (κ1) is 19.8. The zero-order valence-electron chi connectivity index (χ0n) is 15.7. The van der Waals surface area contributed by atoms with Crippen molar-refractivity contribution in [2.45, 2.75) is 26.2 Å². The van der Waals surface area contributed by atoms with Crippen molar-refractivity contribution in [3.63, 3.8) is 0 Å². The SMILES string of the molecule is CCOC(=O)[C@@]1(Cc2ccc(F)cc2)CCCN(C(=O)C(=O)c2ccco2)C1. The fraction of sp³-hybridized carbons (Fsp3) is 0.381. The highest BCUT2D eigenvalue weighted by Crippen LogP contribution is 2.35. The lowest BCUT2D eigenvalue weighted by molar-refractivity contribution is -0.160. The molecule has 2 heterocycles. The molecule has 1 aromatic carbocycles. The molecular formula is C21H22FNO5. The second-order valence-electron chi connectivity index (χ2n) is 6.94. The second-order valence-corrected chi connectivity index (χ2v) is 6.94. The van der Waals surface area contributed by atoms with E-state index in [1.165, 1.54) is 35.4 Å². The number of carbonyl (C=O) groups excluding carboxylic acids is 3. The number of esters is 1. The first-order chi connectivity index (χ1) is 13.4. The number of benzene rings is 1. The van der Waals surface area contributed by atoms with Crippen LogP contribution in [0.3, 0.4) is 0 Å². The summed E-state index contributed by atoms with van der Waals surface area (Å²) in [7, 11) is 0. The molecule has 3 rings (SSSR count). The van der Waals surface area contributed by atoms with Crippen LogP contribution >= 0.6 is 0 Å². The van der Waals surface area contributed by atoms with Crippen LogP contribution < -0.4 is 0 Å². The predicted octanol–water partition coefficient (Wildman–Crippen LogP) is 3.02. The third-order valence-corrected chi connectivity index (χ3v) is 4.97. The number of halogens is 1.